The van der Waals surface area contributed by atoms with Gasteiger partial charge in [-0.3, -0.25) is 14.5 Å². The van der Waals surface area contributed by atoms with Crippen molar-refractivity contribution < 1.29 is 33.3 Å². The summed E-state index contributed by atoms with van der Waals surface area (Å²) in [4.78, 5) is 30.4. The molecule has 0 bridgehead atoms. The fraction of sp³-hybridized carbons (Fsp3) is 0.407. The number of ether oxygens (including phenoxy) is 3. The number of morpholine rings is 1. The molecule has 36 heavy (non-hydrogen) atoms. The summed E-state index contributed by atoms with van der Waals surface area (Å²) in [6.45, 7) is 10.4. The molecular formula is C27H32N2O7. The van der Waals surface area contributed by atoms with Crippen molar-refractivity contribution in [2.75, 3.05) is 52.6 Å². The number of carbonyl (C=O) groups excluding carboxylic acids is 2. The summed E-state index contributed by atoms with van der Waals surface area (Å²) in [5, 5.41) is 10.9. The molecule has 9 nitrogen and oxygen atoms in total. The molecule has 9 heteroatoms. The molecule has 3 heterocycles. The van der Waals surface area contributed by atoms with E-state index in [0.717, 1.165) is 19.6 Å². The van der Waals surface area contributed by atoms with Crippen molar-refractivity contribution >= 4 is 11.7 Å². The van der Waals surface area contributed by atoms with Crippen molar-refractivity contribution in [2.45, 2.75) is 19.4 Å². The van der Waals surface area contributed by atoms with E-state index < -0.39 is 23.5 Å². The third-order valence-electron chi connectivity index (χ3n) is 6.21. The van der Waals surface area contributed by atoms with Crippen molar-refractivity contribution in [1.29, 1.82) is 0 Å². The van der Waals surface area contributed by atoms with Crippen LogP contribution in [0.3, 0.4) is 0 Å². The second-order valence-corrected chi connectivity index (χ2v) is 8.52. The minimum Gasteiger partial charge on any atom is -0.503 e. The molecule has 0 spiro atoms. The Kier molecular flexibility index (Phi) is 8.45. The van der Waals surface area contributed by atoms with Crippen LogP contribution in [0.15, 0.2) is 65.0 Å². The average molecular weight is 497 g/mol. The summed E-state index contributed by atoms with van der Waals surface area (Å²) in [6.07, 6.45) is 3.70. The van der Waals surface area contributed by atoms with Crippen LogP contribution in [0.5, 0.6) is 11.5 Å². The second kappa shape index (κ2) is 11.9. The zero-order valence-electron chi connectivity index (χ0n) is 20.5. The van der Waals surface area contributed by atoms with Crippen LogP contribution in [0.2, 0.25) is 0 Å². The molecule has 0 radical (unpaired) electrons. The van der Waals surface area contributed by atoms with Gasteiger partial charge in [-0.15, -0.1) is 0 Å². The van der Waals surface area contributed by atoms with Gasteiger partial charge in [0.15, 0.2) is 23.0 Å². The summed E-state index contributed by atoms with van der Waals surface area (Å²) in [7, 11) is 0. The van der Waals surface area contributed by atoms with Gasteiger partial charge >= 0.3 is 0 Å². The first-order chi connectivity index (χ1) is 17.5. The Balaban J connectivity index is 1.66. The average Bonchev–Trinajstić information content (AvgIpc) is 3.52. The molecule has 1 N–H and O–H groups in total. The minimum atomic E-state index is -0.799. The Labute approximate surface area is 210 Å². The summed E-state index contributed by atoms with van der Waals surface area (Å²) in [6, 6.07) is 7.58. The quantitative estimate of drug-likeness (QED) is 0.352. The lowest BCUT2D eigenvalue weighted by molar-refractivity contribution is -0.129. The van der Waals surface area contributed by atoms with Gasteiger partial charge in [0.25, 0.3) is 5.91 Å². The van der Waals surface area contributed by atoms with Gasteiger partial charge in [-0.25, -0.2) is 0 Å². The van der Waals surface area contributed by atoms with Crippen molar-refractivity contribution in [3.63, 3.8) is 0 Å². The lowest BCUT2D eigenvalue weighted by Gasteiger charge is -2.30. The van der Waals surface area contributed by atoms with Crippen LogP contribution >= 0.6 is 0 Å². The van der Waals surface area contributed by atoms with Gasteiger partial charge in [-0.2, -0.15) is 0 Å². The number of amides is 1. The third kappa shape index (κ3) is 5.47. The third-order valence-corrected chi connectivity index (χ3v) is 6.21. The normalized spacial score (nSPS) is 18.5. The largest absolute Gasteiger partial charge is 0.503 e. The topological polar surface area (TPSA) is 102 Å². The molecule has 4 rings (SSSR count). The van der Waals surface area contributed by atoms with Gasteiger partial charge < -0.3 is 28.6 Å². The molecule has 1 aromatic carbocycles. The van der Waals surface area contributed by atoms with Crippen LogP contribution in [0.25, 0.3) is 0 Å². The summed E-state index contributed by atoms with van der Waals surface area (Å²) >= 11 is 0. The van der Waals surface area contributed by atoms with Crippen LogP contribution in [0.1, 0.15) is 35.5 Å². The second-order valence-electron chi connectivity index (χ2n) is 8.52. The van der Waals surface area contributed by atoms with Crippen LogP contribution < -0.4 is 9.47 Å². The van der Waals surface area contributed by atoms with Gasteiger partial charge in [0.2, 0.25) is 5.78 Å². The highest BCUT2D eigenvalue weighted by molar-refractivity contribution is 6.15. The van der Waals surface area contributed by atoms with Crippen molar-refractivity contribution in [2.24, 2.45) is 0 Å². The lowest BCUT2D eigenvalue weighted by atomic mass is 9.94. The van der Waals surface area contributed by atoms with Crippen molar-refractivity contribution in [1.82, 2.24) is 9.80 Å². The van der Waals surface area contributed by atoms with Gasteiger partial charge in [-0.1, -0.05) is 18.7 Å². The van der Waals surface area contributed by atoms with E-state index in [-0.39, 0.29) is 11.3 Å². The van der Waals surface area contributed by atoms with E-state index in [0.29, 0.717) is 56.5 Å². The smallest absolute Gasteiger partial charge is 0.290 e. The monoisotopic (exact) mass is 496 g/mol. The SMILES string of the molecule is C=CCOc1ccc(C2C(C(=O)c3ccco3)=C(O)C(=O)N2CCCN2CCOCC2)cc1OCC. The van der Waals surface area contributed by atoms with Crippen molar-refractivity contribution in [3.8, 4) is 11.5 Å². The standard InChI is InChI=1S/C27H32N2O7/c1-3-14-35-20-9-8-19(18-22(20)34-4-2)24-23(25(30)21-7-5-15-36-21)26(31)27(32)29(24)11-6-10-28-12-16-33-17-13-28/h3,5,7-9,15,18,24,31H,1,4,6,10-14,16-17H2,2H3. The number of furan rings is 1. The Hall–Kier alpha value is -3.56. The van der Waals surface area contributed by atoms with E-state index in [1.165, 1.54) is 12.3 Å². The Bertz CT molecular complexity index is 1100. The predicted molar refractivity (Wildman–Crippen MR) is 132 cm³/mol. The van der Waals surface area contributed by atoms with E-state index in [9.17, 15) is 14.7 Å². The summed E-state index contributed by atoms with van der Waals surface area (Å²) < 4.78 is 22.2. The van der Waals surface area contributed by atoms with E-state index in [2.05, 4.69) is 11.5 Å². The first-order valence-corrected chi connectivity index (χ1v) is 12.2. The maximum atomic E-state index is 13.4. The Morgan fingerprint density at radius 1 is 1.19 bits per heavy atom. The molecule has 1 saturated heterocycles. The Morgan fingerprint density at radius 3 is 2.69 bits per heavy atom. The number of Topliss-reactive ketones (excluding diaryl/α,β-unsaturated/α-hetero) is 1. The maximum Gasteiger partial charge on any atom is 0.290 e. The number of nitrogens with zero attached hydrogens (tertiary/aromatic N) is 2. The van der Waals surface area contributed by atoms with Crippen LogP contribution in [-0.2, 0) is 9.53 Å². The van der Waals surface area contributed by atoms with Gasteiger partial charge in [0, 0.05) is 26.2 Å². The lowest BCUT2D eigenvalue weighted by Crippen LogP contribution is -2.39. The maximum absolute atomic E-state index is 13.4. The number of rotatable bonds is 12. The number of ketones is 1. The number of hydrogen-bond acceptors (Lipinski definition) is 8. The van der Waals surface area contributed by atoms with Crippen LogP contribution in [0.4, 0.5) is 0 Å². The van der Waals surface area contributed by atoms with Gasteiger partial charge in [0.05, 0.1) is 37.7 Å². The van der Waals surface area contributed by atoms with Crippen LogP contribution in [0, 0.1) is 0 Å². The van der Waals surface area contributed by atoms with E-state index in [1.54, 1.807) is 35.2 Å². The number of hydrogen-bond donors (Lipinski definition) is 1. The van der Waals surface area contributed by atoms with Gasteiger partial charge in [0.1, 0.15) is 6.61 Å². The fourth-order valence-corrected chi connectivity index (χ4v) is 4.52. The zero-order chi connectivity index (χ0) is 25.5. The molecule has 2 aromatic rings. The highest BCUT2D eigenvalue weighted by Gasteiger charge is 2.44. The molecule has 1 fully saturated rings. The molecule has 1 atom stereocenters. The number of aliphatic hydroxyl groups excluding tert-OH is 1. The Morgan fingerprint density at radius 2 is 2.00 bits per heavy atom. The van der Waals surface area contributed by atoms with E-state index in [1.807, 2.05) is 6.92 Å². The zero-order valence-corrected chi connectivity index (χ0v) is 20.5. The van der Waals surface area contributed by atoms with Crippen molar-refractivity contribution in [3.05, 3.63) is 71.9 Å². The number of aliphatic hydroxyl groups is 1. The molecule has 0 aliphatic carbocycles. The molecular weight excluding hydrogens is 464 g/mol. The first kappa shape index (κ1) is 25.5. The molecule has 0 saturated carbocycles. The van der Waals surface area contributed by atoms with E-state index >= 15 is 0 Å². The fourth-order valence-electron chi connectivity index (χ4n) is 4.52. The van der Waals surface area contributed by atoms with Crippen LogP contribution in [-0.4, -0.2) is 79.2 Å². The summed E-state index contributed by atoms with van der Waals surface area (Å²) in [5.74, 6) is -0.610. The van der Waals surface area contributed by atoms with E-state index in [4.69, 9.17) is 18.6 Å². The molecule has 1 aromatic heterocycles. The predicted octanol–water partition coefficient (Wildman–Crippen LogP) is 3.54. The minimum absolute atomic E-state index is 0.0106. The molecule has 2 aliphatic heterocycles. The molecule has 192 valence electrons. The highest BCUT2D eigenvalue weighted by Crippen LogP contribution is 2.42. The number of benzene rings is 1. The van der Waals surface area contributed by atoms with Gasteiger partial charge in [-0.05, 0) is 43.2 Å². The molecule has 2 aliphatic rings. The number of carbonyl (C=O) groups is 2. The first-order valence-electron chi connectivity index (χ1n) is 12.2. The summed E-state index contributed by atoms with van der Waals surface area (Å²) in [5.41, 5.74) is 0.617. The highest BCUT2D eigenvalue weighted by atomic mass is 16.5. The molecule has 1 unspecified atom stereocenters. The molecule has 1 amide bonds.